The Morgan fingerprint density at radius 1 is 1.47 bits per heavy atom. The minimum atomic E-state index is -1.07. The summed E-state index contributed by atoms with van der Waals surface area (Å²) in [6.45, 7) is 4.84. The Morgan fingerprint density at radius 3 is 2.82 bits per heavy atom. The highest BCUT2D eigenvalue weighted by molar-refractivity contribution is 5.86. The normalized spacial score (nSPS) is 19.3. The van der Waals surface area contributed by atoms with Gasteiger partial charge in [-0.25, -0.2) is 14.8 Å². The summed E-state index contributed by atoms with van der Waals surface area (Å²) in [5.74, 6) is -0.310. The molecule has 1 aromatic heterocycles. The van der Waals surface area contributed by atoms with E-state index >= 15 is 0 Å². The molecular weight excluding hydrogens is 222 g/mol. The first-order chi connectivity index (χ1) is 8.08. The number of anilines is 1. The number of aliphatic hydroxyl groups excluding tert-OH is 1. The van der Waals surface area contributed by atoms with Gasteiger partial charge in [-0.3, -0.25) is 0 Å². The zero-order valence-electron chi connectivity index (χ0n) is 9.20. The Labute approximate surface area is 98.2 Å². The third kappa shape index (κ3) is 2.35. The summed E-state index contributed by atoms with van der Waals surface area (Å²) >= 11 is 0. The van der Waals surface area contributed by atoms with Gasteiger partial charge in [0.2, 0.25) is 0 Å². The van der Waals surface area contributed by atoms with Gasteiger partial charge >= 0.3 is 5.97 Å². The molecule has 2 rings (SSSR count). The molecule has 2 N–H and O–H groups in total. The molecular formula is C11H13N3O3. The summed E-state index contributed by atoms with van der Waals surface area (Å²) in [5.41, 5.74) is -0.0266. The lowest BCUT2D eigenvalue weighted by Gasteiger charge is -2.17. The molecule has 6 heteroatoms. The molecule has 90 valence electrons. The van der Waals surface area contributed by atoms with Gasteiger partial charge in [0.05, 0.1) is 5.76 Å². The first kappa shape index (κ1) is 11.4. The summed E-state index contributed by atoms with van der Waals surface area (Å²) in [4.78, 5) is 20.4. The Kier molecular flexibility index (Phi) is 2.95. The molecule has 0 amide bonds. The number of hydrogen-bond acceptors (Lipinski definition) is 5. The van der Waals surface area contributed by atoms with Crippen molar-refractivity contribution in [3.05, 3.63) is 30.4 Å². The number of aromatic carboxylic acids is 1. The Bertz CT molecular complexity index is 461. The van der Waals surface area contributed by atoms with Crippen molar-refractivity contribution in [1.29, 1.82) is 0 Å². The highest BCUT2D eigenvalue weighted by atomic mass is 16.4. The first-order valence-corrected chi connectivity index (χ1v) is 5.26. The average Bonchev–Trinajstić information content (AvgIpc) is 2.78. The van der Waals surface area contributed by atoms with Crippen molar-refractivity contribution in [1.82, 2.24) is 9.97 Å². The molecule has 0 spiro atoms. The lowest BCUT2D eigenvalue weighted by atomic mass is 10.1. The fourth-order valence-electron chi connectivity index (χ4n) is 1.88. The number of carboxylic acid groups (broad SMARTS) is 1. The van der Waals surface area contributed by atoms with E-state index in [4.69, 9.17) is 5.11 Å². The van der Waals surface area contributed by atoms with Crippen LogP contribution in [0.5, 0.6) is 0 Å². The van der Waals surface area contributed by atoms with Crippen LogP contribution in [0, 0.1) is 5.92 Å². The van der Waals surface area contributed by atoms with Gasteiger partial charge in [-0.1, -0.05) is 6.58 Å². The van der Waals surface area contributed by atoms with Crippen LogP contribution in [-0.2, 0) is 0 Å². The predicted octanol–water partition coefficient (Wildman–Crippen LogP) is 1.07. The van der Waals surface area contributed by atoms with Crippen LogP contribution in [0.15, 0.2) is 24.7 Å². The van der Waals surface area contributed by atoms with Crippen LogP contribution >= 0.6 is 0 Å². The number of hydrogen-bond donors (Lipinski definition) is 2. The van der Waals surface area contributed by atoms with Gasteiger partial charge in [0.25, 0.3) is 0 Å². The van der Waals surface area contributed by atoms with E-state index in [1.54, 1.807) is 0 Å². The molecule has 0 aliphatic carbocycles. The molecule has 0 saturated carbocycles. The molecule has 1 aromatic rings. The van der Waals surface area contributed by atoms with E-state index in [9.17, 15) is 9.90 Å². The average molecular weight is 235 g/mol. The van der Waals surface area contributed by atoms with Crippen molar-refractivity contribution in [2.45, 2.75) is 6.42 Å². The molecule has 6 nitrogen and oxygen atoms in total. The third-order valence-corrected chi connectivity index (χ3v) is 2.86. The first-order valence-electron chi connectivity index (χ1n) is 5.26. The second-order valence-corrected chi connectivity index (χ2v) is 3.99. The van der Waals surface area contributed by atoms with Crippen molar-refractivity contribution in [2.75, 3.05) is 18.0 Å². The smallest absolute Gasteiger partial charge is 0.354 e. The number of carbonyl (C=O) groups is 1. The van der Waals surface area contributed by atoms with Crippen LogP contribution in [-0.4, -0.2) is 39.2 Å². The van der Waals surface area contributed by atoms with Gasteiger partial charge in [0.1, 0.15) is 12.1 Å². The lowest BCUT2D eigenvalue weighted by molar-refractivity contribution is 0.0690. The maximum atomic E-state index is 10.8. The van der Waals surface area contributed by atoms with Gasteiger partial charge in [-0.15, -0.1) is 0 Å². The van der Waals surface area contributed by atoms with E-state index < -0.39 is 5.97 Å². The number of rotatable bonds is 3. The minimum Gasteiger partial charge on any atom is -0.513 e. The second-order valence-electron chi connectivity index (χ2n) is 3.99. The summed E-state index contributed by atoms with van der Waals surface area (Å²) in [5, 5.41) is 18.1. The zero-order valence-corrected chi connectivity index (χ0v) is 9.20. The molecule has 17 heavy (non-hydrogen) atoms. The molecule has 1 fully saturated rings. The van der Waals surface area contributed by atoms with Crippen molar-refractivity contribution in [3.63, 3.8) is 0 Å². The van der Waals surface area contributed by atoms with E-state index in [1.165, 1.54) is 12.4 Å². The van der Waals surface area contributed by atoms with Crippen LogP contribution < -0.4 is 4.90 Å². The molecule has 0 aromatic carbocycles. The monoisotopic (exact) mass is 235 g/mol. The molecule has 1 atom stereocenters. The fraction of sp³-hybridized carbons (Fsp3) is 0.364. The maximum absolute atomic E-state index is 10.8. The van der Waals surface area contributed by atoms with Gasteiger partial charge in [-0.2, -0.15) is 0 Å². The molecule has 1 aliphatic heterocycles. The SMILES string of the molecule is C=C(O)[C@@H]1CCN(c2cc(C(=O)O)ncn2)C1. The Balaban J connectivity index is 2.16. The van der Waals surface area contributed by atoms with Crippen molar-refractivity contribution in [3.8, 4) is 0 Å². The fourth-order valence-corrected chi connectivity index (χ4v) is 1.88. The van der Waals surface area contributed by atoms with E-state index in [0.29, 0.717) is 12.4 Å². The van der Waals surface area contributed by atoms with Gasteiger partial charge in [-0.05, 0) is 6.42 Å². The van der Waals surface area contributed by atoms with Crippen LogP contribution in [0.1, 0.15) is 16.9 Å². The quantitative estimate of drug-likeness (QED) is 0.762. The maximum Gasteiger partial charge on any atom is 0.354 e. The largest absolute Gasteiger partial charge is 0.513 e. The summed E-state index contributed by atoms with van der Waals surface area (Å²) < 4.78 is 0. The lowest BCUT2D eigenvalue weighted by Crippen LogP contribution is -2.21. The van der Waals surface area contributed by atoms with Gasteiger partial charge in [0.15, 0.2) is 5.69 Å². The molecule has 2 heterocycles. The summed E-state index contributed by atoms with van der Waals surface area (Å²) in [6.07, 6.45) is 2.03. The second kappa shape index (κ2) is 4.40. The predicted molar refractivity (Wildman–Crippen MR) is 61.1 cm³/mol. The van der Waals surface area contributed by atoms with Gasteiger partial charge < -0.3 is 15.1 Å². The van der Waals surface area contributed by atoms with E-state index in [2.05, 4.69) is 16.5 Å². The highest BCUT2D eigenvalue weighted by Gasteiger charge is 2.25. The number of carboxylic acids is 1. The van der Waals surface area contributed by atoms with Crippen molar-refractivity contribution >= 4 is 11.8 Å². The van der Waals surface area contributed by atoms with E-state index in [-0.39, 0.29) is 17.4 Å². The molecule has 1 saturated heterocycles. The third-order valence-electron chi connectivity index (χ3n) is 2.86. The summed E-state index contributed by atoms with van der Waals surface area (Å²) in [6, 6.07) is 1.44. The van der Waals surface area contributed by atoms with Crippen molar-refractivity contribution in [2.24, 2.45) is 5.92 Å². The molecule has 1 aliphatic rings. The van der Waals surface area contributed by atoms with Crippen LogP contribution in [0.25, 0.3) is 0 Å². The van der Waals surface area contributed by atoms with Crippen LogP contribution in [0.2, 0.25) is 0 Å². The Morgan fingerprint density at radius 2 is 2.24 bits per heavy atom. The number of aliphatic hydroxyl groups is 1. The van der Waals surface area contributed by atoms with Crippen LogP contribution in [0.4, 0.5) is 5.82 Å². The number of aromatic nitrogens is 2. The number of nitrogens with zero attached hydrogens (tertiary/aromatic N) is 3. The van der Waals surface area contributed by atoms with Gasteiger partial charge in [0, 0.05) is 25.1 Å². The standard InChI is InChI=1S/C11H13N3O3/c1-7(15)8-2-3-14(5-8)10-4-9(11(16)17)12-6-13-10/h4,6,8,15H,1-3,5H2,(H,16,17)/t8-/m1/s1. The minimum absolute atomic E-state index is 0.0262. The highest BCUT2D eigenvalue weighted by Crippen LogP contribution is 2.25. The van der Waals surface area contributed by atoms with Crippen LogP contribution in [0.3, 0.4) is 0 Å². The van der Waals surface area contributed by atoms with E-state index in [1.807, 2.05) is 4.90 Å². The molecule has 0 bridgehead atoms. The van der Waals surface area contributed by atoms with Crippen molar-refractivity contribution < 1.29 is 15.0 Å². The molecule has 0 radical (unpaired) electrons. The zero-order chi connectivity index (χ0) is 12.4. The Hall–Kier alpha value is -2.11. The van der Waals surface area contributed by atoms with E-state index in [0.717, 1.165) is 13.0 Å². The molecule has 0 unspecified atom stereocenters. The topological polar surface area (TPSA) is 86.5 Å². The summed E-state index contributed by atoms with van der Waals surface area (Å²) in [7, 11) is 0.